The molecule has 0 fully saturated rings. The summed E-state index contributed by atoms with van der Waals surface area (Å²) in [7, 11) is 0. The second-order valence-electron chi connectivity index (χ2n) is 11.1. The Morgan fingerprint density at radius 1 is 0.444 bits per heavy atom. The lowest BCUT2D eigenvalue weighted by Gasteiger charge is -2.25. The van der Waals surface area contributed by atoms with Gasteiger partial charge in [0.25, 0.3) is 0 Å². The van der Waals surface area contributed by atoms with Crippen LogP contribution in [0.2, 0.25) is 0 Å². The van der Waals surface area contributed by atoms with Crippen LogP contribution in [0.5, 0.6) is 0 Å². The van der Waals surface area contributed by atoms with Crippen molar-refractivity contribution in [1.29, 1.82) is 0 Å². The minimum Gasteiger partial charge on any atom is -0.0614 e. The minimum absolute atomic E-state index is 1.19. The van der Waals surface area contributed by atoms with Gasteiger partial charge in [0.05, 0.1) is 0 Å². The van der Waals surface area contributed by atoms with Gasteiger partial charge in [0.1, 0.15) is 0 Å². The Morgan fingerprint density at radius 3 is 1.36 bits per heavy atom. The SMILES string of the molecule is Cc1ccc2c(-c3cccc4c3CCCC4)c3cc(C)ccc3c(-c3cccc4c3CCCC4)c2c1. The molecule has 0 heteroatoms. The molecule has 0 heterocycles. The molecule has 0 aliphatic heterocycles. The summed E-state index contributed by atoms with van der Waals surface area (Å²) in [4.78, 5) is 0. The van der Waals surface area contributed by atoms with Crippen LogP contribution in [0.4, 0.5) is 0 Å². The van der Waals surface area contributed by atoms with Crippen molar-refractivity contribution in [2.75, 3.05) is 0 Å². The first-order valence-electron chi connectivity index (χ1n) is 13.9. The van der Waals surface area contributed by atoms with Crippen molar-refractivity contribution in [1.82, 2.24) is 0 Å². The van der Waals surface area contributed by atoms with Crippen LogP contribution in [0.25, 0.3) is 43.8 Å². The van der Waals surface area contributed by atoms with Gasteiger partial charge in [-0.2, -0.15) is 0 Å². The van der Waals surface area contributed by atoms with Crippen molar-refractivity contribution in [2.45, 2.75) is 65.2 Å². The van der Waals surface area contributed by atoms with Crippen molar-refractivity contribution >= 4 is 21.5 Å². The topological polar surface area (TPSA) is 0 Å². The average molecular weight is 467 g/mol. The van der Waals surface area contributed by atoms with Gasteiger partial charge in [-0.3, -0.25) is 0 Å². The van der Waals surface area contributed by atoms with Gasteiger partial charge in [-0.15, -0.1) is 0 Å². The zero-order chi connectivity index (χ0) is 24.2. The highest BCUT2D eigenvalue weighted by atomic mass is 14.3. The molecule has 0 saturated carbocycles. The van der Waals surface area contributed by atoms with Gasteiger partial charge in [-0.1, -0.05) is 83.9 Å². The molecule has 0 atom stereocenters. The van der Waals surface area contributed by atoms with E-state index in [-0.39, 0.29) is 0 Å². The van der Waals surface area contributed by atoms with Crippen molar-refractivity contribution in [3.63, 3.8) is 0 Å². The molecule has 5 aromatic carbocycles. The van der Waals surface area contributed by atoms with Crippen molar-refractivity contribution in [3.05, 3.63) is 106 Å². The normalized spacial score (nSPS) is 15.2. The molecule has 7 rings (SSSR count). The Labute approximate surface area is 215 Å². The summed E-state index contributed by atoms with van der Waals surface area (Å²) >= 11 is 0. The Bertz CT molecular complexity index is 1520. The summed E-state index contributed by atoms with van der Waals surface area (Å²) < 4.78 is 0. The zero-order valence-corrected chi connectivity index (χ0v) is 21.6. The number of hydrogen-bond donors (Lipinski definition) is 0. The summed E-state index contributed by atoms with van der Waals surface area (Å²) in [6.07, 6.45) is 10.0. The van der Waals surface area contributed by atoms with Crippen LogP contribution in [0.15, 0.2) is 72.8 Å². The van der Waals surface area contributed by atoms with Crippen molar-refractivity contribution < 1.29 is 0 Å². The lowest BCUT2D eigenvalue weighted by molar-refractivity contribution is 0.687. The van der Waals surface area contributed by atoms with Crippen LogP contribution in [-0.2, 0) is 25.7 Å². The fourth-order valence-electron chi connectivity index (χ4n) is 7.07. The lowest BCUT2D eigenvalue weighted by atomic mass is 9.78. The first kappa shape index (κ1) is 21.9. The predicted octanol–water partition coefficient (Wildman–Crippen LogP) is 9.70. The largest absolute Gasteiger partial charge is 0.0614 e. The highest BCUT2D eigenvalue weighted by molar-refractivity contribution is 6.22. The Balaban J connectivity index is 1.66. The third-order valence-corrected chi connectivity index (χ3v) is 8.76. The quantitative estimate of drug-likeness (QED) is 0.227. The Kier molecular flexibility index (Phi) is 5.24. The number of aryl methyl sites for hydroxylation is 4. The van der Waals surface area contributed by atoms with Crippen LogP contribution >= 0.6 is 0 Å². The van der Waals surface area contributed by atoms with E-state index in [4.69, 9.17) is 0 Å². The second kappa shape index (κ2) is 8.63. The standard InChI is InChI=1S/C36H34/c1-23-17-19-31-33(21-23)35(29-15-7-11-25-9-3-5-13-27(25)29)32-20-18-24(2)22-34(32)36(31)30-16-8-12-26-10-4-6-14-28(26)30/h7-8,11-12,15-22H,3-6,9-10,13-14H2,1-2H3. The fourth-order valence-corrected chi connectivity index (χ4v) is 7.07. The van der Waals surface area contributed by atoms with E-state index in [1.54, 1.807) is 22.3 Å². The summed E-state index contributed by atoms with van der Waals surface area (Å²) in [6, 6.07) is 28.4. The Morgan fingerprint density at radius 2 is 0.889 bits per heavy atom. The second-order valence-corrected chi connectivity index (χ2v) is 11.1. The van der Waals surface area contributed by atoms with Gasteiger partial charge in [0, 0.05) is 0 Å². The van der Waals surface area contributed by atoms with Crippen LogP contribution in [0.3, 0.4) is 0 Å². The summed E-state index contributed by atoms with van der Waals surface area (Å²) in [6.45, 7) is 4.49. The number of benzene rings is 5. The summed E-state index contributed by atoms with van der Waals surface area (Å²) in [5.74, 6) is 0. The molecular formula is C36H34. The molecule has 0 bridgehead atoms. The Hall–Kier alpha value is -3.38. The van der Waals surface area contributed by atoms with Gasteiger partial charge < -0.3 is 0 Å². The highest BCUT2D eigenvalue weighted by Gasteiger charge is 2.23. The molecule has 0 aromatic heterocycles. The van der Waals surface area contributed by atoms with Gasteiger partial charge in [0.2, 0.25) is 0 Å². The van der Waals surface area contributed by atoms with E-state index < -0.39 is 0 Å². The zero-order valence-electron chi connectivity index (χ0n) is 21.6. The summed E-state index contributed by atoms with van der Waals surface area (Å²) in [5, 5.41) is 5.63. The van der Waals surface area contributed by atoms with E-state index in [9.17, 15) is 0 Å². The van der Waals surface area contributed by atoms with E-state index in [0.29, 0.717) is 0 Å². The van der Waals surface area contributed by atoms with Crippen LogP contribution in [0.1, 0.15) is 59.1 Å². The van der Waals surface area contributed by atoms with E-state index in [2.05, 4.69) is 86.6 Å². The number of fused-ring (bicyclic) bond motifs is 4. The predicted molar refractivity (Wildman–Crippen MR) is 155 cm³/mol. The van der Waals surface area contributed by atoms with Crippen LogP contribution in [0, 0.1) is 13.8 Å². The highest BCUT2D eigenvalue weighted by Crippen LogP contribution is 2.47. The number of rotatable bonds is 2. The number of hydrogen-bond acceptors (Lipinski definition) is 0. The molecule has 5 aromatic rings. The average Bonchev–Trinajstić information content (AvgIpc) is 2.91. The molecule has 178 valence electrons. The van der Waals surface area contributed by atoms with Gasteiger partial charge in [-0.05, 0) is 131 Å². The fraction of sp³-hybridized carbons (Fsp3) is 0.278. The first-order chi connectivity index (χ1) is 17.7. The first-order valence-corrected chi connectivity index (χ1v) is 13.9. The van der Waals surface area contributed by atoms with Gasteiger partial charge >= 0.3 is 0 Å². The van der Waals surface area contributed by atoms with E-state index in [0.717, 1.165) is 0 Å². The molecule has 0 amide bonds. The maximum absolute atomic E-state index is 2.45. The third-order valence-electron chi connectivity index (χ3n) is 8.76. The summed E-state index contributed by atoms with van der Waals surface area (Å²) in [5.41, 5.74) is 14.7. The molecule has 36 heavy (non-hydrogen) atoms. The van der Waals surface area contributed by atoms with Crippen LogP contribution < -0.4 is 0 Å². The third kappa shape index (κ3) is 3.42. The molecule has 2 aliphatic carbocycles. The van der Waals surface area contributed by atoms with Crippen molar-refractivity contribution in [3.8, 4) is 22.3 Å². The molecular weight excluding hydrogens is 432 g/mol. The maximum Gasteiger partial charge on any atom is -0.00234 e. The lowest BCUT2D eigenvalue weighted by Crippen LogP contribution is -2.06. The minimum atomic E-state index is 1.19. The van der Waals surface area contributed by atoms with Gasteiger partial charge in [-0.25, -0.2) is 0 Å². The molecule has 0 nitrogen and oxygen atoms in total. The monoisotopic (exact) mass is 466 g/mol. The molecule has 0 saturated heterocycles. The van der Waals surface area contributed by atoms with E-state index in [1.165, 1.54) is 106 Å². The van der Waals surface area contributed by atoms with Crippen LogP contribution in [-0.4, -0.2) is 0 Å². The van der Waals surface area contributed by atoms with E-state index in [1.807, 2.05) is 0 Å². The smallest absolute Gasteiger partial charge is 0.00234 e. The molecule has 0 unspecified atom stereocenters. The van der Waals surface area contributed by atoms with Crippen molar-refractivity contribution in [2.24, 2.45) is 0 Å². The van der Waals surface area contributed by atoms with Gasteiger partial charge in [0.15, 0.2) is 0 Å². The molecule has 2 aliphatic rings. The van der Waals surface area contributed by atoms with E-state index >= 15 is 0 Å². The maximum atomic E-state index is 2.45. The molecule has 0 spiro atoms. The molecule has 0 N–H and O–H groups in total. The molecule has 0 radical (unpaired) electrons.